The van der Waals surface area contributed by atoms with Crippen LogP contribution in [0.3, 0.4) is 0 Å². The summed E-state index contributed by atoms with van der Waals surface area (Å²) in [5, 5.41) is 23.8. The lowest BCUT2D eigenvalue weighted by molar-refractivity contribution is -0.300. The molecule has 0 radical (unpaired) electrons. The number of aliphatic hydroxyl groups is 1. The molecule has 5 saturated carbocycles. The van der Waals surface area contributed by atoms with Crippen molar-refractivity contribution >= 4 is 11.9 Å². The zero-order valence-electron chi connectivity index (χ0n) is 30.8. The van der Waals surface area contributed by atoms with E-state index in [-0.39, 0.29) is 57.7 Å². The van der Waals surface area contributed by atoms with Gasteiger partial charge in [0.05, 0.1) is 30.1 Å². The molecular weight excluding hydrogens is 590 g/mol. The number of hydrogen-bond acceptors (Lipinski definition) is 5. The molecule has 5 aliphatic carbocycles. The van der Waals surface area contributed by atoms with Crippen molar-refractivity contribution in [2.75, 3.05) is 6.54 Å². The van der Waals surface area contributed by atoms with Crippen molar-refractivity contribution in [3.05, 3.63) is 12.2 Å². The molecule has 6 rings (SSSR count). The first-order valence-corrected chi connectivity index (χ1v) is 19.0. The van der Waals surface area contributed by atoms with E-state index in [0.29, 0.717) is 49.0 Å². The van der Waals surface area contributed by atoms with Crippen molar-refractivity contribution < 1.29 is 29.3 Å². The number of carbonyl (C=O) groups excluding carboxylic acids is 1. The Morgan fingerprint density at radius 1 is 0.830 bits per heavy atom. The maximum atomic E-state index is 14.5. The van der Waals surface area contributed by atoms with E-state index in [9.17, 15) is 19.8 Å². The second-order valence-corrected chi connectivity index (χ2v) is 19.0. The molecule has 1 aliphatic heterocycles. The second-order valence-electron chi connectivity index (χ2n) is 19.0. The van der Waals surface area contributed by atoms with Gasteiger partial charge in [0, 0.05) is 13.0 Å². The Bertz CT molecular complexity index is 1260. The van der Waals surface area contributed by atoms with E-state index in [2.05, 4.69) is 53.4 Å². The van der Waals surface area contributed by atoms with E-state index in [4.69, 9.17) is 9.47 Å². The molecule has 1 amide bonds. The number of fused-ring (bicyclic) bond motifs is 7. The van der Waals surface area contributed by atoms with E-state index in [0.717, 1.165) is 38.5 Å². The van der Waals surface area contributed by atoms with Crippen LogP contribution in [0.1, 0.15) is 139 Å². The van der Waals surface area contributed by atoms with Crippen LogP contribution in [0.25, 0.3) is 0 Å². The fraction of sp³-hybridized carbons (Fsp3) is 0.900. The number of rotatable bonds is 7. The Morgan fingerprint density at radius 2 is 1.53 bits per heavy atom. The average molecular weight is 656 g/mol. The van der Waals surface area contributed by atoms with Crippen molar-refractivity contribution in [1.29, 1.82) is 0 Å². The minimum atomic E-state index is -0.867. The lowest BCUT2D eigenvalue weighted by Crippen LogP contribution is -2.67. The number of aliphatic hydroxyl groups excluding tert-OH is 1. The zero-order valence-corrected chi connectivity index (χ0v) is 30.8. The number of amides is 1. The summed E-state index contributed by atoms with van der Waals surface area (Å²) in [5.41, 5.74) is 1.44. The highest BCUT2D eigenvalue weighted by molar-refractivity contribution is 5.84. The number of nitrogens with one attached hydrogen (secondary N) is 1. The van der Waals surface area contributed by atoms with Gasteiger partial charge in [-0.25, -0.2) is 0 Å². The molecule has 6 fully saturated rings. The van der Waals surface area contributed by atoms with Gasteiger partial charge in [-0.15, -0.1) is 0 Å². The molecule has 47 heavy (non-hydrogen) atoms. The summed E-state index contributed by atoms with van der Waals surface area (Å²) in [6.07, 6.45) is 11.2. The fourth-order valence-corrected chi connectivity index (χ4v) is 13.8. The second kappa shape index (κ2) is 11.8. The van der Waals surface area contributed by atoms with Gasteiger partial charge in [0.25, 0.3) is 0 Å². The van der Waals surface area contributed by atoms with Crippen LogP contribution in [-0.2, 0) is 19.1 Å². The van der Waals surface area contributed by atoms with Gasteiger partial charge in [0.2, 0.25) is 5.91 Å². The maximum absolute atomic E-state index is 14.5. The van der Waals surface area contributed by atoms with Gasteiger partial charge in [0.15, 0.2) is 5.79 Å². The summed E-state index contributed by atoms with van der Waals surface area (Å²) >= 11 is 0. The molecule has 266 valence electrons. The van der Waals surface area contributed by atoms with Crippen LogP contribution in [0.5, 0.6) is 0 Å². The summed E-state index contributed by atoms with van der Waals surface area (Å²) in [6, 6.07) is 0. The van der Waals surface area contributed by atoms with Gasteiger partial charge in [-0.2, -0.15) is 0 Å². The van der Waals surface area contributed by atoms with E-state index < -0.39 is 11.8 Å². The highest BCUT2D eigenvalue weighted by Gasteiger charge is 2.71. The van der Waals surface area contributed by atoms with E-state index in [1.807, 2.05) is 13.8 Å². The molecule has 0 aromatic rings. The molecule has 3 N–H and O–H groups in total. The van der Waals surface area contributed by atoms with Crippen molar-refractivity contribution in [2.24, 2.45) is 56.7 Å². The third kappa shape index (κ3) is 5.46. The van der Waals surface area contributed by atoms with Gasteiger partial charge in [0.1, 0.15) is 0 Å². The van der Waals surface area contributed by atoms with Crippen LogP contribution >= 0.6 is 0 Å². The molecule has 1 heterocycles. The lowest BCUT2D eigenvalue weighted by Gasteiger charge is -2.72. The monoisotopic (exact) mass is 655 g/mol. The van der Waals surface area contributed by atoms with Crippen LogP contribution in [0.4, 0.5) is 0 Å². The number of ether oxygens (including phenoxy) is 2. The summed E-state index contributed by atoms with van der Waals surface area (Å²) in [5.74, 6) is 0.866. The van der Waals surface area contributed by atoms with Gasteiger partial charge in [-0.1, -0.05) is 46.8 Å². The van der Waals surface area contributed by atoms with Crippen LogP contribution in [0, 0.1) is 56.7 Å². The third-order valence-corrected chi connectivity index (χ3v) is 16.1. The van der Waals surface area contributed by atoms with Gasteiger partial charge in [-0.05, 0) is 143 Å². The molecule has 0 aromatic heterocycles. The molecule has 7 nitrogen and oxygen atoms in total. The van der Waals surface area contributed by atoms with Crippen molar-refractivity contribution in [1.82, 2.24) is 5.32 Å². The average Bonchev–Trinajstić information content (AvgIpc) is 3.36. The summed E-state index contributed by atoms with van der Waals surface area (Å²) in [7, 11) is 0. The normalized spacial score (nSPS) is 48.3. The standard InChI is InChI=1S/C40H65NO6/c1-24(2)27-12-18-40(34(45)41-21-15-25-22-26(23-32(43)44)47-36(5,6)46-25)20-19-38(8)28(33(27)40)10-11-30-37(7)16-14-31(42)35(3,4)29(37)13-17-39(30,38)9/h25-31,33,42H,1,10-23H2,2-9H3,(H,41,45)(H,43,44)/t25?,26?,27-,28+,29-,30+,31-,33+,37-,38+,39+,40-/m0/s1. The summed E-state index contributed by atoms with van der Waals surface area (Å²) < 4.78 is 12.0. The van der Waals surface area contributed by atoms with Crippen molar-refractivity contribution in [2.45, 2.75) is 163 Å². The van der Waals surface area contributed by atoms with Gasteiger partial charge >= 0.3 is 5.97 Å². The predicted molar refractivity (Wildman–Crippen MR) is 183 cm³/mol. The molecule has 0 aromatic carbocycles. The number of aliphatic carboxylic acids is 1. The molecule has 7 heteroatoms. The fourth-order valence-electron chi connectivity index (χ4n) is 13.8. The quantitative estimate of drug-likeness (QED) is 0.241. The van der Waals surface area contributed by atoms with Crippen molar-refractivity contribution in [3.8, 4) is 0 Å². The highest BCUT2D eigenvalue weighted by atomic mass is 16.7. The first kappa shape index (κ1) is 35.4. The number of carboxylic acid groups (broad SMARTS) is 1. The van der Waals surface area contributed by atoms with Crippen molar-refractivity contribution in [3.63, 3.8) is 0 Å². The molecule has 12 atom stereocenters. The molecule has 0 bridgehead atoms. The van der Waals surface area contributed by atoms with Crippen LogP contribution in [0.2, 0.25) is 0 Å². The smallest absolute Gasteiger partial charge is 0.305 e. The van der Waals surface area contributed by atoms with E-state index in [1.54, 1.807) is 0 Å². The predicted octanol–water partition coefficient (Wildman–Crippen LogP) is 7.90. The summed E-state index contributed by atoms with van der Waals surface area (Å²) in [4.78, 5) is 25.9. The lowest BCUT2D eigenvalue weighted by atomic mass is 9.32. The maximum Gasteiger partial charge on any atom is 0.305 e. The minimum absolute atomic E-state index is 0.0395. The molecule has 6 aliphatic rings. The zero-order chi connectivity index (χ0) is 34.4. The number of carboxylic acids is 1. The largest absolute Gasteiger partial charge is 0.481 e. The molecular formula is C40H65NO6. The molecule has 0 spiro atoms. The minimum Gasteiger partial charge on any atom is -0.481 e. The Hall–Kier alpha value is -1.44. The van der Waals surface area contributed by atoms with Crippen LogP contribution < -0.4 is 5.32 Å². The van der Waals surface area contributed by atoms with Gasteiger partial charge in [-0.3, -0.25) is 9.59 Å². The molecule has 1 saturated heterocycles. The Morgan fingerprint density at radius 3 is 2.21 bits per heavy atom. The van der Waals surface area contributed by atoms with E-state index >= 15 is 0 Å². The number of hydrogen-bond donors (Lipinski definition) is 3. The SMILES string of the molecule is C=C(C)[C@@H]1CC[C@]2(C(=O)NCCC3CC(CC(=O)O)OC(C)(C)O3)CC[C@]3(C)[C@H](CC[C@@H]4[C@@]5(C)CC[C@H](O)C(C)(C)[C@@H]5CC[C@]43C)[C@@H]12. The summed E-state index contributed by atoms with van der Waals surface area (Å²) in [6.45, 7) is 23.4. The van der Waals surface area contributed by atoms with Crippen LogP contribution in [-0.4, -0.2) is 52.7 Å². The first-order valence-electron chi connectivity index (χ1n) is 19.0. The Kier molecular flexibility index (Phi) is 8.90. The first-order chi connectivity index (χ1) is 21.8. The van der Waals surface area contributed by atoms with Gasteiger partial charge < -0.3 is 25.0 Å². The third-order valence-electron chi connectivity index (χ3n) is 16.1. The highest BCUT2D eigenvalue weighted by Crippen LogP contribution is 2.77. The topological polar surface area (TPSA) is 105 Å². The Balaban J connectivity index is 1.22. The number of carbonyl (C=O) groups is 2. The Labute approximate surface area is 284 Å². The van der Waals surface area contributed by atoms with Crippen LogP contribution in [0.15, 0.2) is 12.2 Å². The number of allylic oxidation sites excluding steroid dienone is 1. The molecule has 2 unspecified atom stereocenters. The van der Waals surface area contributed by atoms with E-state index in [1.165, 1.54) is 31.3 Å².